The zero-order valence-corrected chi connectivity index (χ0v) is 7.82. The van der Waals surface area contributed by atoms with E-state index in [2.05, 4.69) is 16.2 Å². The van der Waals surface area contributed by atoms with Crippen molar-refractivity contribution in [2.75, 3.05) is 6.61 Å². The van der Waals surface area contributed by atoms with Crippen molar-refractivity contribution in [3.8, 4) is 0 Å². The van der Waals surface area contributed by atoms with Crippen LogP contribution < -0.4 is 0 Å². The minimum Gasteiger partial charge on any atom is -0.463 e. The Hall–Kier alpha value is -1.13. The lowest BCUT2D eigenvalue weighted by Crippen LogP contribution is -2.07. The van der Waals surface area contributed by atoms with Gasteiger partial charge in [-0.1, -0.05) is 6.58 Å². The SMILES string of the molecule is C=C(/C=C/C(=O)OCC)[C@@H](C)OO. The van der Waals surface area contributed by atoms with Crippen molar-refractivity contribution >= 4 is 5.97 Å². The Labute approximate surface area is 77.4 Å². The van der Waals surface area contributed by atoms with Gasteiger partial charge in [-0.3, -0.25) is 5.26 Å². The lowest BCUT2D eigenvalue weighted by Gasteiger charge is -2.05. The molecular weight excluding hydrogens is 172 g/mol. The van der Waals surface area contributed by atoms with Gasteiger partial charge < -0.3 is 4.74 Å². The van der Waals surface area contributed by atoms with E-state index in [0.29, 0.717) is 12.2 Å². The Kier molecular flexibility index (Phi) is 5.84. The van der Waals surface area contributed by atoms with Gasteiger partial charge in [0.25, 0.3) is 0 Å². The van der Waals surface area contributed by atoms with Crippen molar-refractivity contribution in [3.63, 3.8) is 0 Å². The van der Waals surface area contributed by atoms with Gasteiger partial charge in [-0.15, -0.1) is 0 Å². The molecule has 0 aromatic rings. The van der Waals surface area contributed by atoms with Crippen LogP contribution in [0.3, 0.4) is 0 Å². The van der Waals surface area contributed by atoms with Crippen LogP contribution in [0.15, 0.2) is 24.3 Å². The van der Waals surface area contributed by atoms with E-state index < -0.39 is 12.1 Å². The summed E-state index contributed by atoms with van der Waals surface area (Å²) in [5.41, 5.74) is 0.496. The Morgan fingerprint density at radius 3 is 2.69 bits per heavy atom. The molecule has 0 bridgehead atoms. The third-order valence-corrected chi connectivity index (χ3v) is 1.40. The first kappa shape index (κ1) is 11.9. The van der Waals surface area contributed by atoms with Crippen LogP contribution in [0.25, 0.3) is 0 Å². The normalized spacial score (nSPS) is 12.8. The fourth-order valence-corrected chi connectivity index (χ4v) is 0.569. The van der Waals surface area contributed by atoms with Gasteiger partial charge in [-0.05, 0) is 25.5 Å². The second-order valence-corrected chi connectivity index (χ2v) is 2.41. The molecule has 0 fully saturated rings. The Bertz CT molecular complexity index is 208. The molecule has 0 saturated heterocycles. The van der Waals surface area contributed by atoms with Gasteiger partial charge in [-0.2, -0.15) is 0 Å². The molecule has 1 atom stereocenters. The highest BCUT2D eigenvalue weighted by atomic mass is 17.1. The van der Waals surface area contributed by atoms with Crippen LogP contribution in [0.5, 0.6) is 0 Å². The van der Waals surface area contributed by atoms with Crippen LogP contribution in [0.4, 0.5) is 0 Å². The molecule has 0 heterocycles. The molecule has 0 aliphatic rings. The zero-order valence-electron chi connectivity index (χ0n) is 7.82. The molecule has 0 radical (unpaired) electrons. The maximum atomic E-state index is 10.8. The van der Waals surface area contributed by atoms with Gasteiger partial charge in [0.1, 0.15) is 6.10 Å². The van der Waals surface area contributed by atoms with Crippen LogP contribution in [-0.4, -0.2) is 23.9 Å². The highest BCUT2D eigenvalue weighted by Crippen LogP contribution is 2.03. The lowest BCUT2D eigenvalue weighted by atomic mass is 10.2. The van der Waals surface area contributed by atoms with Crippen molar-refractivity contribution in [3.05, 3.63) is 24.3 Å². The van der Waals surface area contributed by atoms with Crippen molar-refractivity contribution in [1.82, 2.24) is 0 Å². The summed E-state index contributed by atoms with van der Waals surface area (Å²) in [6, 6.07) is 0. The number of esters is 1. The largest absolute Gasteiger partial charge is 0.463 e. The molecule has 4 heteroatoms. The molecule has 0 aliphatic heterocycles. The second kappa shape index (κ2) is 6.39. The Morgan fingerprint density at radius 2 is 2.23 bits per heavy atom. The van der Waals surface area contributed by atoms with E-state index in [1.54, 1.807) is 13.8 Å². The van der Waals surface area contributed by atoms with E-state index in [1.165, 1.54) is 12.2 Å². The first-order chi connectivity index (χ1) is 6.11. The summed E-state index contributed by atoms with van der Waals surface area (Å²) in [5.74, 6) is -0.436. The Balaban J connectivity index is 3.97. The lowest BCUT2D eigenvalue weighted by molar-refractivity contribution is -0.263. The average molecular weight is 186 g/mol. The highest BCUT2D eigenvalue weighted by Gasteiger charge is 2.03. The third-order valence-electron chi connectivity index (χ3n) is 1.40. The van der Waals surface area contributed by atoms with E-state index in [1.807, 2.05) is 0 Å². The van der Waals surface area contributed by atoms with E-state index in [9.17, 15) is 4.79 Å². The fraction of sp³-hybridized carbons (Fsp3) is 0.444. The summed E-state index contributed by atoms with van der Waals surface area (Å²) in [6.45, 7) is 7.24. The number of hydrogen-bond acceptors (Lipinski definition) is 4. The van der Waals surface area contributed by atoms with E-state index in [4.69, 9.17) is 5.26 Å². The maximum absolute atomic E-state index is 10.8. The van der Waals surface area contributed by atoms with Crippen molar-refractivity contribution < 1.29 is 19.7 Å². The summed E-state index contributed by atoms with van der Waals surface area (Å²) in [7, 11) is 0. The van der Waals surface area contributed by atoms with Crippen LogP contribution in [0.2, 0.25) is 0 Å². The number of ether oxygens (including phenoxy) is 1. The summed E-state index contributed by atoms with van der Waals surface area (Å²) in [4.78, 5) is 14.8. The molecule has 0 amide bonds. The molecular formula is C9H14O4. The molecule has 0 aromatic carbocycles. The standard InChI is InChI=1S/C9H14O4/c1-4-12-9(10)6-5-7(2)8(3)13-11/h5-6,8,11H,2,4H2,1,3H3/b6-5+/t8-/m1/s1. The first-order valence-electron chi connectivity index (χ1n) is 3.95. The first-order valence-corrected chi connectivity index (χ1v) is 3.95. The van der Waals surface area contributed by atoms with Gasteiger partial charge in [0, 0.05) is 6.08 Å². The maximum Gasteiger partial charge on any atom is 0.330 e. The van der Waals surface area contributed by atoms with E-state index >= 15 is 0 Å². The molecule has 0 saturated carbocycles. The minimum atomic E-state index is -0.523. The second-order valence-electron chi connectivity index (χ2n) is 2.41. The van der Waals surface area contributed by atoms with Crippen molar-refractivity contribution in [1.29, 1.82) is 0 Å². The van der Waals surface area contributed by atoms with Gasteiger partial charge in [0.15, 0.2) is 0 Å². The number of carbonyl (C=O) groups is 1. The van der Waals surface area contributed by atoms with Crippen molar-refractivity contribution in [2.45, 2.75) is 20.0 Å². The van der Waals surface area contributed by atoms with Crippen LogP contribution in [-0.2, 0) is 14.4 Å². The number of hydrogen-bond donors (Lipinski definition) is 1. The topological polar surface area (TPSA) is 55.8 Å². The van der Waals surface area contributed by atoms with Crippen molar-refractivity contribution in [2.24, 2.45) is 0 Å². The molecule has 0 spiro atoms. The average Bonchev–Trinajstić information content (AvgIpc) is 2.13. The van der Waals surface area contributed by atoms with Crippen LogP contribution >= 0.6 is 0 Å². The quantitative estimate of drug-likeness (QED) is 0.232. The summed E-state index contributed by atoms with van der Waals surface area (Å²) < 4.78 is 4.64. The third kappa shape index (κ3) is 5.16. The molecule has 0 rings (SSSR count). The molecule has 1 N–H and O–H groups in total. The van der Waals surface area contributed by atoms with Crippen LogP contribution in [0.1, 0.15) is 13.8 Å². The summed E-state index contributed by atoms with van der Waals surface area (Å²) in [6.07, 6.45) is 2.16. The molecule has 0 aliphatic carbocycles. The van der Waals surface area contributed by atoms with Gasteiger partial charge >= 0.3 is 5.97 Å². The molecule has 13 heavy (non-hydrogen) atoms. The molecule has 0 aromatic heterocycles. The molecule has 74 valence electrons. The molecule has 0 unspecified atom stereocenters. The van der Waals surface area contributed by atoms with E-state index in [0.717, 1.165) is 0 Å². The minimum absolute atomic E-state index is 0.335. The highest BCUT2D eigenvalue weighted by molar-refractivity contribution is 5.82. The van der Waals surface area contributed by atoms with Gasteiger partial charge in [0.05, 0.1) is 6.61 Å². The smallest absolute Gasteiger partial charge is 0.330 e. The predicted molar refractivity (Wildman–Crippen MR) is 48.1 cm³/mol. The number of rotatable bonds is 5. The fourth-order valence-electron chi connectivity index (χ4n) is 0.569. The summed E-state index contributed by atoms with van der Waals surface area (Å²) >= 11 is 0. The predicted octanol–water partition coefficient (Wildman–Crippen LogP) is 1.54. The molecule has 4 nitrogen and oxygen atoms in total. The zero-order chi connectivity index (χ0) is 10.3. The monoisotopic (exact) mass is 186 g/mol. The van der Waals surface area contributed by atoms with Crippen LogP contribution in [0, 0.1) is 0 Å². The number of carbonyl (C=O) groups excluding carboxylic acids is 1. The summed E-state index contributed by atoms with van der Waals surface area (Å²) in [5, 5.41) is 8.26. The van der Waals surface area contributed by atoms with Gasteiger partial charge in [-0.25, -0.2) is 9.68 Å². The van der Waals surface area contributed by atoms with Gasteiger partial charge in [0.2, 0.25) is 0 Å². The Morgan fingerprint density at radius 1 is 1.62 bits per heavy atom. The van der Waals surface area contributed by atoms with E-state index in [-0.39, 0.29) is 0 Å².